The fourth-order valence-electron chi connectivity index (χ4n) is 3.13. The highest BCUT2D eigenvalue weighted by molar-refractivity contribution is 9.10. The molecule has 0 bridgehead atoms. The molecule has 0 radical (unpaired) electrons. The van der Waals surface area contributed by atoms with Crippen LogP contribution in [-0.4, -0.2) is 38.0 Å². The van der Waals surface area contributed by atoms with Gasteiger partial charge in [0, 0.05) is 17.8 Å². The van der Waals surface area contributed by atoms with Crippen molar-refractivity contribution >= 4 is 27.5 Å². The number of halogens is 1. The van der Waals surface area contributed by atoms with Crippen LogP contribution in [0.5, 0.6) is 17.2 Å². The summed E-state index contributed by atoms with van der Waals surface area (Å²) in [5.74, 6) is 1.89. The minimum Gasteiger partial charge on any atom is -0.497 e. The molecular formula is C20H21BrN2O4. The average Bonchev–Trinajstić information content (AvgIpc) is 3.13. The summed E-state index contributed by atoms with van der Waals surface area (Å²) in [6.45, 7) is 1.52. The molecule has 0 aromatic heterocycles. The SMILES string of the molecule is COc1ccc(C2=NN(C(C)=O)[C@@H](c3cc(OC)c(OC)cc3Br)C2)cc1. The molecule has 142 valence electrons. The van der Waals surface area contributed by atoms with E-state index in [-0.39, 0.29) is 11.9 Å². The Morgan fingerprint density at radius 3 is 2.26 bits per heavy atom. The van der Waals surface area contributed by atoms with Crippen LogP contribution in [0, 0.1) is 0 Å². The minimum absolute atomic E-state index is 0.120. The van der Waals surface area contributed by atoms with Gasteiger partial charge in [-0.2, -0.15) is 5.10 Å². The molecule has 3 rings (SSSR count). The first-order valence-corrected chi connectivity index (χ1v) is 9.21. The van der Waals surface area contributed by atoms with Crippen LogP contribution in [0.15, 0.2) is 46.0 Å². The molecule has 6 nitrogen and oxygen atoms in total. The summed E-state index contributed by atoms with van der Waals surface area (Å²) in [5.41, 5.74) is 2.72. The van der Waals surface area contributed by atoms with Gasteiger partial charge >= 0.3 is 0 Å². The quantitative estimate of drug-likeness (QED) is 0.710. The molecule has 1 amide bonds. The third-order valence-corrected chi connectivity index (χ3v) is 5.20. The summed E-state index contributed by atoms with van der Waals surface area (Å²) in [6.07, 6.45) is 0.597. The van der Waals surface area contributed by atoms with E-state index in [1.165, 1.54) is 11.9 Å². The Labute approximate surface area is 166 Å². The fourth-order valence-corrected chi connectivity index (χ4v) is 3.71. The molecule has 0 spiro atoms. The molecule has 0 fully saturated rings. The smallest absolute Gasteiger partial charge is 0.240 e. The van der Waals surface area contributed by atoms with Crippen molar-refractivity contribution in [2.75, 3.05) is 21.3 Å². The van der Waals surface area contributed by atoms with Crippen LogP contribution < -0.4 is 14.2 Å². The zero-order valence-corrected chi connectivity index (χ0v) is 17.2. The Balaban J connectivity index is 1.98. The zero-order chi connectivity index (χ0) is 19.6. The van der Waals surface area contributed by atoms with E-state index in [1.54, 1.807) is 21.3 Å². The maximum Gasteiger partial charge on any atom is 0.240 e. The van der Waals surface area contributed by atoms with E-state index in [2.05, 4.69) is 21.0 Å². The van der Waals surface area contributed by atoms with Crippen LogP contribution in [0.3, 0.4) is 0 Å². The molecule has 1 aliphatic rings. The number of benzene rings is 2. The predicted octanol–water partition coefficient (Wildman–Crippen LogP) is 4.17. The van der Waals surface area contributed by atoms with Crippen LogP contribution in [-0.2, 0) is 4.79 Å². The van der Waals surface area contributed by atoms with Crippen LogP contribution in [0.4, 0.5) is 0 Å². The molecule has 0 saturated heterocycles. The van der Waals surface area contributed by atoms with Crippen molar-refractivity contribution in [3.8, 4) is 17.2 Å². The van der Waals surface area contributed by atoms with Crippen LogP contribution in [0.25, 0.3) is 0 Å². The van der Waals surface area contributed by atoms with E-state index in [4.69, 9.17) is 14.2 Å². The first-order valence-electron chi connectivity index (χ1n) is 8.41. The molecule has 0 unspecified atom stereocenters. The van der Waals surface area contributed by atoms with Gasteiger partial charge in [-0.15, -0.1) is 0 Å². The second-order valence-corrected chi connectivity index (χ2v) is 6.94. The minimum atomic E-state index is -0.228. The summed E-state index contributed by atoms with van der Waals surface area (Å²) in [5, 5.41) is 6.10. The van der Waals surface area contributed by atoms with Gasteiger partial charge in [0.05, 0.1) is 33.1 Å². The Kier molecular flexibility index (Phi) is 5.70. The Bertz CT molecular complexity index is 880. The summed E-state index contributed by atoms with van der Waals surface area (Å²) in [6, 6.07) is 11.2. The van der Waals surface area contributed by atoms with Gasteiger partial charge in [0.25, 0.3) is 0 Å². The highest BCUT2D eigenvalue weighted by Crippen LogP contribution is 2.41. The van der Waals surface area contributed by atoms with E-state index in [0.717, 1.165) is 27.1 Å². The van der Waals surface area contributed by atoms with Crippen molar-refractivity contribution in [1.29, 1.82) is 0 Å². The van der Waals surface area contributed by atoms with Gasteiger partial charge in [-0.3, -0.25) is 4.79 Å². The monoisotopic (exact) mass is 432 g/mol. The van der Waals surface area contributed by atoms with Crippen molar-refractivity contribution in [3.05, 3.63) is 52.0 Å². The van der Waals surface area contributed by atoms with E-state index in [9.17, 15) is 4.79 Å². The molecular weight excluding hydrogens is 412 g/mol. The second kappa shape index (κ2) is 8.00. The molecule has 1 heterocycles. The molecule has 27 heavy (non-hydrogen) atoms. The number of hydrogen-bond donors (Lipinski definition) is 0. The van der Waals surface area contributed by atoms with E-state index >= 15 is 0 Å². The number of methoxy groups -OCH3 is 3. The second-order valence-electron chi connectivity index (χ2n) is 6.09. The third-order valence-electron chi connectivity index (χ3n) is 4.52. The maximum atomic E-state index is 12.2. The number of ether oxygens (including phenoxy) is 3. The van der Waals surface area contributed by atoms with E-state index in [1.807, 2.05) is 36.4 Å². The van der Waals surface area contributed by atoms with Gasteiger partial charge in [0.2, 0.25) is 5.91 Å². The van der Waals surface area contributed by atoms with Gasteiger partial charge in [0.1, 0.15) is 5.75 Å². The topological polar surface area (TPSA) is 60.4 Å². The largest absolute Gasteiger partial charge is 0.497 e. The van der Waals surface area contributed by atoms with E-state index < -0.39 is 0 Å². The van der Waals surface area contributed by atoms with Gasteiger partial charge in [-0.1, -0.05) is 15.9 Å². The molecule has 2 aromatic carbocycles. The number of hydrazone groups is 1. The van der Waals surface area contributed by atoms with Gasteiger partial charge in [-0.05, 0) is 47.5 Å². The first kappa shape index (κ1) is 19.2. The number of amides is 1. The normalized spacial score (nSPS) is 16.1. The molecule has 1 atom stereocenters. The number of carbonyl (C=O) groups excluding carboxylic acids is 1. The molecule has 2 aromatic rings. The number of hydrogen-bond acceptors (Lipinski definition) is 5. The van der Waals surface area contributed by atoms with E-state index in [0.29, 0.717) is 17.9 Å². The first-order chi connectivity index (χ1) is 13.0. The lowest BCUT2D eigenvalue weighted by Gasteiger charge is -2.23. The summed E-state index contributed by atoms with van der Waals surface area (Å²) in [7, 11) is 4.81. The van der Waals surface area contributed by atoms with Gasteiger partial charge in [0.15, 0.2) is 11.5 Å². The highest BCUT2D eigenvalue weighted by Gasteiger charge is 2.33. The lowest BCUT2D eigenvalue weighted by Crippen LogP contribution is -2.24. The zero-order valence-electron chi connectivity index (χ0n) is 15.7. The third kappa shape index (κ3) is 3.78. The van der Waals surface area contributed by atoms with Crippen LogP contribution in [0.1, 0.15) is 30.5 Å². The molecule has 0 aliphatic carbocycles. The van der Waals surface area contributed by atoms with Gasteiger partial charge in [-0.25, -0.2) is 5.01 Å². The lowest BCUT2D eigenvalue weighted by molar-refractivity contribution is -0.130. The molecule has 0 saturated carbocycles. The summed E-state index contributed by atoms with van der Waals surface area (Å²) < 4.78 is 16.8. The number of carbonyl (C=O) groups is 1. The highest BCUT2D eigenvalue weighted by atomic mass is 79.9. The predicted molar refractivity (Wildman–Crippen MR) is 107 cm³/mol. The van der Waals surface area contributed by atoms with Crippen LogP contribution in [0.2, 0.25) is 0 Å². The number of rotatable bonds is 5. The fraction of sp³-hybridized carbons (Fsp3) is 0.300. The average molecular weight is 433 g/mol. The van der Waals surface area contributed by atoms with Crippen LogP contribution >= 0.6 is 15.9 Å². The van der Waals surface area contributed by atoms with Crippen molar-refractivity contribution < 1.29 is 19.0 Å². The Morgan fingerprint density at radius 2 is 1.70 bits per heavy atom. The van der Waals surface area contributed by atoms with Crippen molar-refractivity contribution in [2.24, 2.45) is 5.10 Å². The summed E-state index contributed by atoms with van der Waals surface area (Å²) >= 11 is 3.59. The lowest BCUT2D eigenvalue weighted by atomic mass is 9.98. The Morgan fingerprint density at radius 1 is 1.07 bits per heavy atom. The number of nitrogens with zero attached hydrogens (tertiary/aromatic N) is 2. The molecule has 0 N–H and O–H groups in total. The Hall–Kier alpha value is -2.54. The van der Waals surface area contributed by atoms with Gasteiger partial charge < -0.3 is 14.2 Å². The summed E-state index contributed by atoms with van der Waals surface area (Å²) in [4.78, 5) is 12.2. The molecule has 7 heteroatoms. The maximum absolute atomic E-state index is 12.2. The molecule has 1 aliphatic heterocycles. The van der Waals surface area contributed by atoms with Crippen molar-refractivity contribution in [3.63, 3.8) is 0 Å². The standard InChI is InChI=1S/C20H21BrN2O4/c1-12(24)23-18(15-9-19(26-3)20(27-4)10-16(15)21)11-17(22-23)13-5-7-14(25-2)8-6-13/h5-10,18H,11H2,1-4H3/t18-/m1/s1. The van der Waals surface area contributed by atoms with Crippen molar-refractivity contribution in [1.82, 2.24) is 5.01 Å². The van der Waals surface area contributed by atoms with Crippen molar-refractivity contribution in [2.45, 2.75) is 19.4 Å².